The molecule has 3 N–H and O–H groups in total. The van der Waals surface area contributed by atoms with Gasteiger partial charge in [0.1, 0.15) is 10.6 Å². The van der Waals surface area contributed by atoms with Gasteiger partial charge in [-0.05, 0) is 42.9 Å². The number of hydrogen-bond acceptors (Lipinski definition) is 4. The van der Waals surface area contributed by atoms with Crippen molar-refractivity contribution in [3.05, 3.63) is 17.7 Å². The van der Waals surface area contributed by atoms with E-state index in [4.69, 9.17) is 10.5 Å². The first kappa shape index (κ1) is 14.1. The Labute approximate surface area is 114 Å². The summed E-state index contributed by atoms with van der Waals surface area (Å²) in [5.41, 5.74) is 7.03. The van der Waals surface area contributed by atoms with Crippen molar-refractivity contribution in [2.24, 2.45) is 11.8 Å². The lowest BCUT2D eigenvalue weighted by molar-refractivity contribution is 0.402. The van der Waals surface area contributed by atoms with Gasteiger partial charge in [-0.15, -0.1) is 0 Å². The molecule has 1 aliphatic rings. The van der Waals surface area contributed by atoms with Gasteiger partial charge >= 0.3 is 0 Å². The molecule has 0 radical (unpaired) electrons. The summed E-state index contributed by atoms with van der Waals surface area (Å²) in [4.78, 5) is 0.103. The zero-order chi connectivity index (χ0) is 14.2. The summed E-state index contributed by atoms with van der Waals surface area (Å²) >= 11 is 0. The first-order valence-electron chi connectivity index (χ1n) is 6.29. The lowest BCUT2D eigenvalue weighted by Gasteiger charge is -2.13. The Bertz CT molecular complexity index is 584. The van der Waals surface area contributed by atoms with Crippen LogP contribution in [0.5, 0.6) is 5.75 Å². The van der Waals surface area contributed by atoms with E-state index in [0.717, 1.165) is 12.0 Å². The van der Waals surface area contributed by atoms with Crippen LogP contribution in [-0.2, 0) is 10.0 Å². The number of benzene rings is 1. The first-order valence-corrected chi connectivity index (χ1v) is 7.77. The molecule has 0 aromatic heterocycles. The fourth-order valence-corrected chi connectivity index (χ4v) is 3.30. The molecule has 1 aliphatic carbocycles. The Hall–Kier alpha value is -1.27. The van der Waals surface area contributed by atoms with Crippen LogP contribution < -0.4 is 15.2 Å². The van der Waals surface area contributed by atoms with Crippen LogP contribution in [0, 0.1) is 18.8 Å². The fourth-order valence-electron chi connectivity index (χ4n) is 2.02. The van der Waals surface area contributed by atoms with E-state index in [1.54, 1.807) is 6.07 Å². The number of aryl methyl sites for hydroxylation is 1. The van der Waals surface area contributed by atoms with Crippen LogP contribution in [-0.4, -0.2) is 22.1 Å². The molecule has 1 aromatic carbocycles. The van der Waals surface area contributed by atoms with E-state index in [0.29, 0.717) is 29.8 Å². The van der Waals surface area contributed by atoms with Crippen molar-refractivity contribution in [1.82, 2.24) is 4.72 Å². The van der Waals surface area contributed by atoms with E-state index in [2.05, 4.69) is 11.6 Å². The zero-order valence-corrected chi connectivity index (χ0v) is 12.3. The maximum atomic E-state index is 12.3. The molecule has 19 heavy (non-hydrogen) atoms. The SMILES string of the molecule is COc1cc(C)c(N)cc1S(=O)(=O)NCC1CC1C. The number of nitrogen functional groups attached to an aromatic ring is 1. The van der Waals surface area contributed by atoms with Gasteiger partial charge in [0, 0.05) is 12.2 Å². The Morgan fingerprint density at radius 3 is 2.63 bits per heavy atom. The van der Waals surface area contributed by atoms with Crippen molar-refractivity contribution >= 4 is 15.7 Å². The number of rotatable bonds is 5. The molecule has 1 fully saturated rings. The summed E-state index contributed by atoms with van der Waals surface area (Å²) in [7, 11) is -2.12. The number of nitrogens with two attached hydrogens (primary N) is 1. The normalized spacial score (nSPS) is 22.3. The maximum absolute atomic E-state index is 12.3. The minimum absolute atomic E-state index is 0.103. The molecule has 1 aromatic rings. The Kier molecular flexibility index (Phi) is 3.73. The van der Waals surface area contributed by atoms with Gasteiger partial charge in [-0.2, -0.15) is 0 Å². The predicted molar refractivity (Wildman–Crippen MR) is 74.6 cm³/mol. The van der Waals surface area contributed by atoms with Gasteiger partial charge in [0.05, 0.1) is 7.11 Å². The molecule has 5 nitrogen and oxygen atoms in total. The number of nitrogens with one attached hydrogen (secondary N) is 1. The molecule has 0 heterocycles. The minimum Gasteiger partial charge on any atom is -0.495 e. The lowest BCUT2D eigenvalue weighted by atomic mass is 10.2. The summed E-state index contributed by atoms with van der Waals surface area (Å²) in [5, 5.41) is 0. The van der Waals surface area contributed by atoms with Gasteiger partial charge < -0.3 is 10.5 Å². The smallest absolute Gasteiger partial charge is 0.244 e. The topological polar surface area (TPSA) is 81.4 Å². The lowest BCUT2D eigenvalue weighted by Crippen LogP contribution is -2.26. The second-order valence-corrected chi connectivity index (χ2v) is 6.92. The van der Waals surface area contributed by atoms with Crippen molar-refractivity contribution in [3.8, 4) is 5.75 Å². The second kappa shape index (κ2) is 5.02. The van der Waals surface area contributed by atoms with Gasteiger partial charge in [0.15, 0.2) is 0 Å². The number of hydrogen-bond donors (Lipinski definition) is 2. The molecule has 0 saturated heterocycles. The highest BCUT2D eigenvalue weighted by atomic mass is 32.2. The van der Waals surface area contributed by atoms with Crippen LogP contribution >= 0.6 is 0 Å². The average Bonchev–Trinajstić information content (AvgIpc) is 3.06. The van der Waals surface area contributed by atoms with E-state index >= 15 is 0 Å². The standard InChI is InChI=1S/C13H20N2O3S/c1-8-4-10(8)7-15-19(16,17)13-6-11(14)9(2)5-12(13)18-3/h5-6,8,10,15H,4,7,14H2,1-3H3. The molecule has 2 atom stereocenters. The van der Waals surface area contributed by atoms with Gasteiger partial charge in [-0.3, -0.25) is 0 Å². The van der Waals surface area contributed by atoms with Crippen LogP contribution in [0.3, 0.4) is 0 Å². The van der Waals surface area contributed by atoms with E-state index < -0.39 is 10.0 Å². The van der Waals surface area contributed by atoms with Gasteiger partial charge in [-0.1, -0.05) is 6.92 Å². The third-order valence-electron chi connectivity index (χ3n) is 3.65. The predicted octanol–water partition coefficient (Wildman–Crippen LogP) is 1.52. The average molecular weight is 284 g/mol. The largest absolute Gasteiger partial charge is 0.495 e. The summed E-state index contributed by atoms with van der Waals surface area (Å²) in [5.74, 6) is 1.37. The van der Waals surface area contributed by atoms with Gasteiger partial charge in [-0.25, -0.2) is 13.1 Å². The number of anilines is 1. The summed E-state index contributed by atoms with van der Waals surface area (Å²) in [6, 6.07) is 3.09. The highest BCUT2D eigenvalue weighted by Gasteiger charge is 2.33. The molecule has 1 saturated carbocycles. The molecule has 0 spiro atoms. The zero-order valence-electron chi connectivity index (χ0n) is 11.4. The molecular weight excluding hydrogens is 264 g/mol. The van der Waals surface area contributed by atoms with E-state index in [-0.39, 0.29) is 4.90 Å². The molecular formula is C13H20N2O3S. The Balaban J connectivity index is 2.25. The summed E-state index contributed by atoms with van der Waals surface area (Å²) in [6.07, 6.45) is 1.08. The van der Waals surface area contributed by atoms with E-state index in [9.17, 15) is 8.42 Å². The first-order chi connectivity index (χ1) is 8.85. The van der Waals surface area contributed by atoms with E-state index in [1.807, 2.05) is 6.92 Å². The Morgan fingerprint density at radius 2 is 2.11 bits per heavy atom. The maximum Gasteiger partial charge on any atom is 0.244 e. The highest BCUT2D eigenvalue weighted by Crippen LogP contribution is 2.37. The third-order valence-corrected chi connectivity index (χ3v) is 5.10. The summed E-state index contributed by atoms with van der Waals surface area (Å²) in [6.45, 7) is 4.40. The van der Waals surface area contributed by atoms with Crippen molar-refractivity contribution in [2.45, 2.75) is 25.2 Å². The summed E-state index contributed by atoms with van der Waals surface area (Å²) < 4.78 is 32.3. The molecule has 106 valence electrons. The monoisotopic (exact) mass is 284 g/mol. The molecule has 0 bridgehead atoms. The van der Waals surface area contributed by atoms with Gasteiger partial charge in [0.25, 0.3) is 0 Å². The fraction of sp³-hybridized carbons (Fsp3) is 0.538. The third kappa shape index (κ3) is 3.01. The van der Waals surface area contributed by atoms with E-state index in [1.165, 1.54) is 13.2 Å². The van der Waals surface area contributed by atoms with Crippen molar-refractivity contribution in [3.63, 3.8) is 0 Å². The quantitative estimate of drug-likeness (QED) is 0.803. The van der Waals surface area contributed by atoms with Crippen LogP contribution in [0.15, 0.2) is 17.0 Å². The molecule has 6 heteroatoms. The molecule has 2 rings (SSSR count). The number of methoxy groups -OCH3 is 1. The van der Waals surface area contributed by atoms with Crippen LogP contribution in [0.2, 0.25) is 0 Å². The van der Waals surface area contributed by atoms with Crippen LogP contribution in [0.4, 0.5) is 5.69 Å². The van der Waals surface area contributed by atoms with Crippen LogP contribution in [0.1, 0.15) is 18.9 Å². The van der Waals surface area contributed by atoms with Crippen LogP contribution in [0.25, 0.3) is 0 Å². The van der Waals surface area contributed by atoms with Crippen molar-refractivity contribution in [1.29, 1.82) is 0 Å². The second-order valence-electron chi connectivity index (χ2n) is 5.18. The van der Waals surface area contributed by atoms with Crippen molar-refractivity contribution < 1.29 is 13.2 Å². The van der Waals surface area contributed by atoms with Gasteiger partial charge in [0.2, 0.25) is 10.0 Å². The molecule has 0 amide bonds. The Morgan fingerprint density at radius 1 is 1.47 bits per heavy atom. The number of sulfonamides is 1. The van der Waals surface area contributed by atoms with Crippen molar-refractivity contribution in [2.75, 3.05) is 19.4 Å². The minimum atomic E-state index is -3.58. The molecule has 2 unspecified atom stereocenters. The molecule has 0 aliphatic heterocycles. The highest BCUT2D eigenvalue weighted by molar-refractivity contribution is 7.89. The number of ether oxygens (including phenoxy) is 1.